The molecule has 0 aliphatic carbocycles. The fraction of sp³-hybridized carbons (Fsp3) is 0.636. The van der Waals surface area contributed by atoms with Crippen molar-refractivity contribution in [3.63, 3.8) is 0 Å². The molecule has 2 rings (SSSR count). The summed E-state index contributed by atoms with van der Waals surface area (Å²) in [6.45, 7) is 8.92. The van der Waals surface area contributed by atoms with E-state index in [9.17, 15) is 4.79 Å². The molecule has 0 saturated carbocycles. The summed E-state index contributed by atoms with van der Waals surface area (Å²) in [7, 11) is 0. The standard InChI is InChI=1S/C22H36N4O/c1-17(2)8-7-9-18(3)25-22(23)24-16-19-10-12-20(13-11-19)21(27)26-14-5-4-6-15-26/h10-13,17-18H,4-9,14-16H2,1-3H3,(H3,23,24,25). The van der Waals surface area contributed by atoms with Gasteiger partial charge in [-0.05, 0) is 56.2 Å². The number of likely N-dealkylation sites (tertiary alicyclic amines) is 1. The lowest BCUT2D eigenvalue weighted by Crippen LogP contribution is -2.38. The highest BCUT2D eigenvalue weighted by molar-refractivity contribution is 5.94. The Balaban J connectivity index is 1.79. The molecule has 0 radical (unpaired) electrons. The third-order valence-corrected chi connectivity index (χ3v) is 5.09. The van der Waals surface area contributed by atoms with Gasteiger partial charge in [0.2, 0.25) is 0 Å². The van der Waals surface area contributed by atoms with Crippen molar-refractivity contribution < 1.29 is 4.79 Å². The topological polar surface area (TPSA) is 70.7 Å². The van der Waals surface area contributed by atoms with Gasteiger partial charge in [0, 0.05) is 24.7 Å². The van der Waals surface area contributed by atoms with Crippen LogP contribution in [0.2, 0.25) is 0 Å². The number of piperidine rings is 1. The number of rotatable bonds is 8. The average Bonchev–Trinajstić information content (AvgIpc) is 2.66. The maximum Gasteiger partial charge on any atom is 0.253 e. The lowest BCUT2D eigenvalue weighted by molar-refractivity contribution is 0.0724. The Labute approximate surface area is 164 Å². The Morgan fingerprint density at radius 2 is 1.78 bits per heavy atom. The Hall–Kier alpha value is -2.04. The number of nitrogens with zero attached hydrogens (tertiary/aromatic N) is 2. The highest BCUT2D eigenvalue weighted by Gasteiger charge is 2.17. The fourth-order valence-electron chi connectivity index (χ4n) is 3.41. The summed E-state index contributed by atoms with van der Waals surface area (Å²) >= 11 is 0. The maximum absolute atomic E-state index is 12.5. The first-order chi connectivity index (χ1) is 13.0. The molecule has 1 aromatic rings. The summed E-state index contributed by atoms with van der Waals surface area (Å²) in [6, 6.07) is 8.08. The number of hydrogen-bond donors (Lipinski definition) is 2. The van der Waals surface area contributed by atoms with Gasteiger partial charge in [-0.2, -0.15) is 0 Å². The highest BCUT2D eigenvalue weighted by Crippen LogP contribution is 2.14. The number of carbonyl (C=O) groups excluding carboxylic acids is 1. The summed E-state index contributed by atoms with van der Waals surface area (Å²) in [5, 5.41) is 3.26. The van der Waals surface area contributed by atoms with Gasteiger partial charge in [-0.25, -0.2) is 4.99 Å². The zero-order chi connectivity index (χ0) is 19.6. The maximum atomic E-state index is 12.5. The molecule has 27 heavy (non-hydrogen) atoms. The molecule has 1 aliphatic heterocycles. The highest BCUT2D eigenvalue weighted by atomic mass is 16.2. The third kappa shape index (κ3) is 7.61. The van der Waals surface area contributed by atoms with Crippen LogP contribution in [0.5, 0.6) is 0 Å². The van der Waals surface area contributed by atoms with E-state index in [0.29, 0.717) is 18.5 Å². The molecule has 0 spiro atoms. The van der Waals surface area contributed by atoms with Crippen molar-refractivity contribution in [2.45, 2.75) is 71.9 Å². The molecule has 1 aliphatic rings. The minimum atomic E-state index is 0.140. The normalized spacial score (nSPS) is 16.4. The van der Waals surface area contributed by atoms with Gasteiger partial charge in [0.15, 0.2) is 5.96 Å². The van der Waals surface area contributed by atoms with Crippen molar-refractivity contribution in [3.05, 3.63) is 35.4 Å². The summed E-state index contributed by atoms with van der Waals surface area (Å²) in [5.41, 5.74) is 7.82. The Bertz CT molecular complexity index is 603. The molecular formula is C22H36N4O. The lowest BCUT2D eigenvalue weighted by Gasteiger charge is -2.26. The van der Waals surface area contributed by atoms with Crippen molar-refractivity contribution in [1.82, 2.24) is 10.2 Å². The van der Waals surface area contributed by atoms with Crippen molar-refractivity contribution >= 4 is 11.9 Å². The second-order valence-corrected chi connectivity index (χ2v) is 8.12. The van der Waals surface area contributed by atoms with E-state index in [0.717, 1.165) is 49.4 Å². The van der Waals surface area contributed by atoms with Crippen LogP contribution in [-0.2, 0) is 6.54 Å². The quantitative estimate of drug-likeness (QED) is 0.536. The smallest absolute Gasteiger partial charge is 0.253 e. The zero-order valence-electron chi connectivity index (χ0n) is 17.2. The molecule has 1 atom stereocenters. The van der Waals surface area contributed by atoms with Crippen molar-refractivity contribution in [2.24, 2.45) is 16.6 Å². The van der Waals surface area contributed by atoms with Crippen LogP contribution < -0.4 is 11.1 Å². The second-order valence-electron chi connectivity index (χ2n) is 8.12. The predicted molar refractivity (Wildman–Crippen MR) is 113 cm³/mol. The lowest BCUT2D eigenvalue weighted by atomic mass is 10.0. The Morgan fingerprint density at radius 3 is 2.41 bits per heavy atom. The van der Waals surface area contributed by atoms with E-state index in [1.54, 1.807) is 0 Å². The van der Waals surface area contributed by atoms with Crippen LogP contribution in [0.15, 0.2) is 29.3 Å². The first kappa shape index (κ1) is 21.3. The van der Waals surface area contributed by atoms with Crippen LogP contribution in [0.25, 0.3) is 0 Å². The molecule has 1 saturated heterocycles. The summed E-state index contributed by atoms with van der Waals surface area (Å²) in [6.07, 6.45) is 6.99. The molecule has 5 heteroatoms. The molecule has 1 amide bonds. The molecule has 150 valence electrons. The van der Waals surface area contributed by atoms with E-state index in [1.807, 2.05) is 29.2 Å². The number of aliphatic imine (C=N–C) groups is 1. The Kier molecular flexibility index (Phi) is 8.62. The largest absolute Gasteiger partial charge is 0.370 e. The third-order valence-electron chi connectivity index (χ3n) is 5.09. The minimum Gasteiger partial charge on any atom is -0.370 e. The number of carbonyl (C=O) groups is 1. The molecule has 0 bridgehead atoms. The minimum absolute atomic E-state index is 0.140. The average molecular weight is 373 g/mol. The van der Waals surface area contributed by atoms with E-state index in [4.69, 9.17) is 5.73 Å². The van der Waals surface area contributed by atoms with Gasteiger partial charge in [-0.15, -0.1) is 0 Å². The first-order valence-corrected chi connectivity index (χ1v) is 10.4. The van der Waals surface area contributed by atoms with Crippen LogP contribution in [0.4, 0.5) is 0 Å². The fourth-order valence-corrected chi connectivity index (χ4v) is 3.41. The SMILES string of the molecule is CC(C)CCCC(C)NC(N)=NCc1ccc(C(=O)N2CCCCC2)cc1. The van der Waals surface area contributed by atoms with Crippen LogP contribution in [0.3, 0.4) is 0 Å². The monoisotopic (exact) mass is 372 g/mol. The predicted octanol–water partition coefficient (Wildman–Crippen LogP) is 3.93. The number of amides is 1. The molecule has 1 unspecified atom stereocenters. The van der Waals surface area contributed by atoms with Gasteiger partial charge in [-0.1, -0.05) is 38.8 Å². The van der Waals surface area contributed by atoms with Gasteiger partial charge in [-0.3, -0.25) is 4.79 Å². The van der Waals surface area contributed by atoms with E-state index in [-0.39, 0.29) is 5.91 Å². The zero-order valence-corrected chi connectivity index (χ0v) is 17.2. The van der Waals surface area contributed by atoms with Crippen molar-refractivity contribution in [2.75, 3.05) is 13.1 Å². The molecule has 1 fully saturated rings. The van der Waals surface area contributed by atoms with E-state index in [1.165, 1.54) is 19.3 Å². The first-order valence-electron chi connectivity index (χ1n) is 10.4. The van der Waals surface area contributed by atoms with Gasteiger partial charge in [0.25, 0.3) is 5.91 Å². The summed E-state index contributed by atoms with van der Waals surface area (Å²) in [5.74, 6) is 1.37. The molecule has 1 aromatic carbocycles. The second kappa shape index (κ2) is 11.0. The molecular weight excluding hydrogens is 336 g/mol. The van der Waals surface area contributed by atoms with E-state index < -0.39 is 0 Å². The summed E-state index contributed by atoms with van der Waals surface area (Å²) < 4.78 is 0. The Morgan fingerprint density at radius 1 is 1.11 bits per heavy atom. The molecule has 3 N–H and O–H groups in total. The number of benzene rings is 1. The van der Waals surface area contributed by atoms with Gasteiger partial charge in [0.1, 0.15) is 0 Å². The number of hydrogen-bond acceptors (Lipinski definition) is 2. The van der Waals surface area contributed by atoms with E-state index in [2.05, 4.69) is 31.1 Å². The van der Waals surface area contributed by atoms with Crippen LogP contribution >= 0.6 is 0 Å². The summed E-state index contributed by atoms with van der Waals surface area (Å²) in [4.78, 5) is 18.9. The molecule has 0 aromatic heterocycles. The van der Waals surface area contributed by atoms with Crippen LogP contribution in [0, 0.1) is 5.92 Å². The number of guanidine groups is 1. The van der Waals surface area contributed by atoms with Crippen LogP contribution in [-0.4, -0.2) is 35.9 Å². The number of nitrogens with two attached hydrogens (primary N) is 1. The van der Waals surface area contributed by atoms with Crippen LogP contribution in [0.1, 0.15) is 75.2 Å². The van der Waals surface area contributed by atoms with E-state index >= 15 is 0 Å². The van der Waals surface area contributed by atoms with Crippen molar-refractivity contribution in [3.8, 4) is 0 Å². The number of nitrogens with one attached hydrogen (secondary N) is 1. The van der Waals surface area contributed by atoms with Gasteiger partial charge < -0.3 is 16.0 Å². The molecule has 5 nitrogen and oxygen atoms in total. The van der Waals surface area contributed by atoms with Gasteiger partial charge >= 0.3 is 0 Å². The van der Waals surface area contributed by atoms with Crippen molar-refractivity contribution in [1.29, 1.82) is 0 Å². The molecule has 1 heterocycles. The van der Waals surface area contributed by atoms with Gasteiger partial charge in [0.05, 0.1) is 6.54 Å².